The lowest BCUT2D eigenvalue weighted by Crippen LogP contribution is -2.54. The van der Waals surface area contributed by atoms with Crippen molar-refractivity contribution in [1.29, 1.82) is 0 Å². The van der Waals surface area contributed by atoms with Gasteiger partial charge in [0.15, 0.2) is 0 Å². The van der Waals surface area contributed by atoms with E-state index in [9.17, 15) is 13.2 Å². The van der Waals surface area contributed by atoms with Gasteiger partial charge in [0.25, 0.3) is 10.0 Å². The molecule has 0 unspecified atom stereocenters. The summed E-state index contributed by atoms with van der Waals surface area (Å²) in [6.07, 6.45) is 6.36. The lowest BCUT2D eigenvalue weighted by atomic mass is 9.94. The number of hydrogen-bond donors (Lipinski definition) is 0. The van der Waals surface area contributed by atoms with Crippen molar-refractivity contribution in [3.63, 3.8) is 0 Å². The Morgan fingerprint density at radius 2 is 1.69 bits per heavy atom. The summed E-state index contributed by atoms with van der Waals surface area (Å²) < 4.78 is 35.8. The highest BCUT2D eigenvalue weighted by Crippen LogP contribution is 2.29. The number of benzene rings is 1. The van der Waals surface area contributed by atoms with Crippen LogP contribution in [0.15, 0.2) is 29.2 Å². The third kappa shape index (κ3) is 5.33. The number of methoxy groups -OCH3 is 1. The van der Waals surface area contributed by atoms with Crippen LogP contribution in [0.3, 0.4) is 0 Å². The zero-order valence-corrected chi connectivity index (χ0v) is 22.1. The molecule has 192 valence electrons. The van der Waals surface area contributed by atoms with Gasteiger partial charge in [-0.05, 0) is 51.0 Å². The van der Waals surface area contributed by atoms with Crippen LogP contribution >= 0.6 is 0 Å². The van der Waals surface area contributed by atoms with Crippen LogP contribution in [0, 0.1) is 13.8 Å². The highest BCUT2D eigenvalue weighted by molar-refractivity contribution is 7.93. The molecular formula is C25H37N5O4S. The molecule has 1 aliphatic carbocycles. The van der Waals surface area contributed by atoms with Crippen LogP contribution in [0.1, 0.15) is 43.5 Å². The number of nitrogens with zero attached hydrogens (tertiary/aromatic N) is 5. The first-order chi connectivity index (χ1) is 16.7. The summed E-state index contributed by atoms with van der Waals surface area (Å²) >= 11 is 0. The number of sulfonamides is 1. The number of hydrogen-bond acceptors (Lipinski definition) is 6. The van der Waals surface area contributed by atoms with E-state index in [0.29, 0.717) is 42.0 Å². The van der Waals surface area contributed by atoms with Crippen LogP contribution in [-0.2, 0) is 21.9 Å². The van der Waals surface area contributed by atoms with Crippen LogP contribution < -0.4 is 9.04 Å². The molecule has 10 heteroatoms. The smallest absolute Gasteiger partial charge is 0.268 e. The molecule has 2 fully saturated rings. The molecule has 0 bridgehead atoms. The van der Waals surface area contributed by atoms with Gasteiger partial charge in [0, 0.05) is 39.3 Å². The van der Waals surface area contributed by atoms with E-state index in [1.54, 1.807) is 61.9 Å². The standard InChI is InChI=1S/C25H37N5O4S/c1-19-25(20(2)27(3)26-19)35(32,33)30(22-10-12-23(34-4)13-11-22)18-24(31)29-16-14-28(15-17-29)21-8-6-5-7-9-21/h10-13,21H,5-9,14-18H2,1-4H3. The summed E-state index contributed by atoms with van der Waals surface area (Å²) in [6, 6.07) is 7.37. The minimum atomic E-state index is -4.02. The number of piperazine rings is 1. The van der Waals surface area contributed by atoms with E-state index >= 15 is 0 Å². The lowest BCUT2D eigenvalue weighted by Gasteiger charge is -2.41. The summed E-state index contributed by atoms with van der Waals surface area (Å²) in [4.78, 5) is 17.8. The molecule has 0 atom stereocenters. The van der Waals surface area contributed by atoms with Crippen molar-refractivity contribution in [2.45, 2.75) is 56.9 Å². The number of ether oxygens (including phenoxy) is 1. The minimum Gasteiger partial charge on any atom is -0.497 e. The third-order valence-corrected chi connectivity index (χ3v) is 9.41. The molecule has 2 aliphatic rings. The molecular weight excluding hydrogens is 466 g/mol. The maximum atomic E-state index is 13.9. The second-order valence-corrected chi connectivity index (χ2v) is 11.3. The molecule has 9 nitrogen and oxygen atoms in total. The molecule has 2 heterocycles. The zero-order chi connectivity index (χ0) is 25.2. The van der Waals surface area contributed by atoms with Crippen molar-refractivity contribution >= 4 is 21.6 Å². The molecule has 1 aromatic heterocycles. The first-order valence-corrected chi connectivity index (χ1v) is 13.8. The highest BCUT2D eigenvalue weighted by Gasteiger charge is 2.34. The van der Waals surface area contributed by atoms with Gasteiger partial charge in [-0.2, -0.15) is 5.10 Å². The average Bonchev–Trinajstić information content (AvgIpc) is 3.14. The number of anilines is 1. The quantitative estimate of drug-likeness (QED) is 0.577. The largest absolute Gasteiger partial charge is 0.497 e. The van der Waals surface area contributed by atoms with E-state index in [1.165, 1.54) is 36.4 Å². The Balaban J connectivity index is 1.55. The first kappa shape index (κ1) is 25.5. The topological polar surface area (TPSA) is 88.0 Å². The number of carbonyl (C=O) groups excluding carboxylic acids is 1. The Labute approximate surface area is 208 Å². The molecule has 1 amide bonds. The van der Waals surface area contributed by atoms with E-state index in [-0.39, 0.29) is 17.3 Å². The second kappa shape index (κ2) is 10.6. The van der Waals surface area contributed by atoms with Crippen LogP contribution in [0.2, 0.25) is 0 Å². The van der Waals surface area contributed by atoms with Crippen molar-refractivity contribution in [1.82, 2.24) is 19.6 Å². The number of aryl methyl sites for hydroxylation is 2. The second-order valence-electron chi connectivity index (χ2n) is 9.54. The van der Waals surface area contributed by atoms with Crippen LogP contribution in [0.5, 0.6) is 5.75 Å². The summed E-state index contributed by atoms with van der Waals surface area (Å²) in [5, 5.41) is 4.29. The summed E-state index contributed by atoms with van der Waals surface area (Å²) in [7, 11) is -0.748. The molecule has 1 saturated heterocycles. The Morgan fingerprint density at radius 1 is 1.06 bits per heavy atom. The molecule has 1 saturated carbocycles. The van der Waals surface area contributed by atoms with E-state index in [1.807, 2.05) is 0 Å². The molecule has 1 aliphatic heterocycles. The first-order valence-electron chi connectivity index (χ1n) is 12.4. The predicted molar refractivity (Wildman–Crippen MR) is 135 cm³/mol. The monoisotopic (exact) mass is 503 g/mol. The Kier molecular flexibility index (Phi) is 7.70. The lowest BCUT2D eigenvalue weighted by molar-refractivity contribution is -0.131. The third-order valence-electron chi connectivity index (χ3n) is 7.39. The Hall–Kier alpha value is -2.59. The fourth-order valence-electron chi connectivity index (χ4n) is 5.31. The van der Waals surface area contributed by atoms with Gasteiger partial charge in [0.1, 0.15) is 17.2 Å². The molecule has 0 N–H and O–H groups in total. The number of amides is 1. The molecule has 35 heavy (non-hydrogen) atoms. The Bertz CT molecular complexity index is 1130. The van der Waals surface area contributed by atoms with Crippen molar-refractivity contribution < 1.29 is 17.9 Å². The van der Waals surface area contributed by atoms with Crippen LogP contribution in [0.25, 0.3) is 0 Å². The van der Waals surface area contributed by atoms with Gasteiger partial charge in [0.05, 0.1) is 24.2 Å². The zero-order valence-electron chi connectivity index (χ0n) is 21.2. The highest BCUT2D eigenvalue weighted by atomic mass is 32.2. The fraction of sp³-hybridized carbons (Fsp3) is 0.600. The van der Waals surface area contributed by atoms with Gasteiger partial charge in [-0.3, -0.25) is 18.7 Å². The maximum absolute atomic E-state index is 13.9. The van der Waals surface area contributed by atoms with Crippen molar-refractivity contribution in [3.8, 4) is 5.75 Å². The normalized spacial score (nSPS) is 18.0. The average molecular weight is 504 g/mol. The van der Waals surface area contributed by atoms with E-state index in [0.717, 1.165) is 13.1 Å². The van der Waals surface area contributed by atoms with Gasteiger partial charge < -0.3 is 9.64 Å². The number of aromatic nitrogens is 2. The van der Waals surface area contributed by atoms with Gasteiger partial charge in [0.2, 0.25) is 5.91 Å². The number of carbonyl (C=O) groups is 1. The SMILES string of the molecule is COc1ccc(N(CC(=O)N2CCN(C3CCCCC3)CC2)S(=O)(=O)c2c(C)nn(C)c2C)cc1. The van der Waals surface area contributed by atoms with Crippen LogP contribution in [0.4, 0.5) is 5.69 Å². The van der Waals surface area contributed by atoms with Crippen LogP contribution in [-0.4, -0.2) is 79.8 Å². The van der Waals surface area contributed by atoms with Gasteiger partial charge >= 0.3 is 0 Å². The molecule has 0 spiro atoms. The molecule has 4 rings (SSSR count). The predicted octanol–water partition coefficient (Wildman–Crippen LogP) is 2.72. The van der Waals surface area contributed by atoms with E-state index in [2.05, 4.69) is 10.00 Å². The van der Waals surface area contributed by atoms with Crippen molar-refractivity contribution in [2.75, 3.05) is 44.1 Å². The summed E-state index contributed by atoms with van der Waals surface area (Å²) in [5.41, 5.74) is 1.37. The Morgan fingerprint density at radius 3 is 2.23 bits per heavy atom. The number of rotatable bonds is 7. The van der Waals surface area contributed by atoms with E-state index < -0.39 is 10.0 Å². The van der Waals surface area contributed by atoms with Gasteiger partial charge in [-0.1, -0.05) is 19.3 Å². The molecule has 1 aromatic carbocycles. The summed E-state index contributed by atoms with van der Waals surface area (Å²) in [6.45, 7) is 6.07. The van der Waals surface area contributed by atoms with E-state index in [4.69, 9.17) is 4.74 Å². The van der Waals surface area contributed by atoms with Gasteiger partial charge in [-0.15, -0.1) is 0 Å². The molecule has 0 radical (unpaired) electrons. The van der Waals surface area contributed by atoms with Gasteiger partial charge in [-0.25, -0.2) is 8.42 Å². The van der Waals surface area contributed by atoms with Crippen molar-refractivity contribution in [3.05, 3.63) is 35.7 Å². The summed E-state index contributed by atoms with van der Waals surface area (Å²) in [5.74, 6) is 0.428. The van der Waals surface area contributed by atoms with Crippen molar-refractivity contribution in [2.24, 2.45) is 7.05 Å². The maximum Gasteiger partial charge on any atom is 0.268 e. The molecule has 2 aromatic rings. The minimum absolute atomic E-state index is 0.144. The fourth-order valence-corrected chi connectivity index (χ4v) is 7.13.